The number of para-hydroxylation sites is 1. The number of nitrogens with two attached hydrogens (primary N) is 1. The Kier molecular flexibility index (Phi) is 8.39. The molecule has 6 heteroatoms. The fourth-order valence-electron chi connectivity index (χ4n) is 2.68. The first-order valence-corrected chi connectivity index (χ1v) is 7.68. The summed E-state index contributed by atoms with van der Waals surface area (Å²) in [7, 11) is 0. The van der Waals surface area contributed by atoms with Crippen molar-refractivity contribution in [3.05, 3.63) is 29.8 Å². The van der Waals surface area contributed by atoms with E-state index in [1.807, 2.05) is 20.8 Å². The van der Waals surface area contributed by atoms with Crippen LogP contribution in [0.4, 0.5) is 5.69 Å². The second kappa shape index (κ2) is 8.76. The summed E-state index contributed by atoms with van der Waals surface area (Å²) in [5.74, 6) is -0.0677. The van der Waals surface area contributed by atoms with Crippen molar-refractivity contribution < 1.29 is 4.79 Å². The predicted octanol–water partition coefficient (Wildman–Crippen LogP) is 2.77. The second-order valence-corrected chi connectivity index (χ2v) is 7.01. The highest BCUT2D eigenvalue weighted by molar-refractivity contribution is 5.85. The Morgan fingerprint density at radius 3 is 2.52 bits per heavy atom. The molecule has 0 radical (unpaired) electrons. The van der Waals surface area contributed by atoms with Gasteiger partial charge in [-0.25, -0.2) is 0 Å². The van der Waals surface area contributed by atoms with Crippen LogP contribution in [0.15, 0.2) is 24.3 Å². The molecule has 4 nitrogen and oxygen atoms in total. The van der Waals surface area contributed by atoms with Gasteiger partial charge in [-0.1, -0.05) is 39.0 Å². The average Bonchev–Trinajstić information content (AvgIpc) is 2.86. The van der Waals surface area contributed by atoms with Crippen LogP contribution < -0.4 is 16.0 Å². The minimum Gasteiger partial charge on any atom is -0.366 e. The first-order chi connectivity index (χ1) is 9.80. The third-order valence-electron chi connectivity index (χ3n) is 4.24. The molecule has 0 aromatic heterocycles. The van der Waals surface area contributed by atoms with Crippen LogP contribution in [0.2, 0.25) is 0 Å². The van der Waals surface area contributed by atoms with Gasteiger partial charge in [0.05, 0.1) is 6.04 Å². The van der Waals surface area contributed by atoms with Crippen LogP contribution in [0, 0.1) is 5.41 Å². The number of carbonyl (C=O) groups excluding carboxylic acids is 1. The summed E-state index contributed by atoms with van der Waals surface area (Å²) in [5.41, 5.74) is 8.45. The lowest BCUT2D eigenvalue weighted by Gasteiger charge is -2.30. The fourth-order valence-corrected chi connectivity index (χ4v) is 2.68. The number of amides is 1. The van der Waals surface area contributed by atoms with Gasteiger partial charge in [0.25, 0.3) is 0 Å². The number of hydrogen-bond donors (Lipinski definition) is 2. The molecule has 0 saturated carbocycles. The van der Waals surface area contributed by atoms with Crippen LogP contribution in [0.3, 0.4) is 0 Å². The monoisotopic (exact) mass is 361 g/mol. The number of carbonyl (C=O) groups is 1. The molecular formula is C17H29Cl2N3O. The van der Waals surface area contributed by atoms with Crippen LogP contribution >= 0.6 is 24.8 Å². The summed E-state index contributed by atoms with van der Waals surface area (Å²) in [6.07, 6.45) is 1.08. The lowest BCUT2D eigenvalue weighted by atomic mass is 9.87. The van der Waals surface area contributed by atoms with E-state index in [4.69, 9.17) is 5.73 Å². The standard InChI is InChI=1S/C17H27N3O.2ClH/c1-12(11-19-16(21)15(18)17(2,3)4)20-10-9-13-7-5-6-8-14(13)20;;/h5-8,12,15H,9-11,18H2,1-4H3,(H,19,21);2*1H/t12?,15-;;/m1../s1. The lowest BCUT2D eigenvalue weighted by molar-refractivity contribution is -0.124. The minimum atomic E-state index is -0.476. The van der Waals surface area contributed by atoms with E-state index < -0.39 is 6.04 Å². The number of anilines is 1. The largest absolute Gasteiger partial charge is 0.366 e. The SMILES string of the molecule is CC(CNC(=O)[C@@H](N)C(C)(C)C)N1CCc2ccccc21.Cl.Cl. The third kappa shape index (κ3) is 5.27. The highest BCUT2D eigenvalue weighted by atomic mass is 35.5. The smallest absolute Gasteiger partial charge is 0.237 e. The molecule has 0 saturated heterocycles. The number of hydrogen-bond acceptors (Lipinski definition) is 3. The number of fused-ring (bicyclic) bond motifs is 1. The Hall–Kier alpha value is -0.970. The van der Waals surface area contributed by atoms with Crippen molar-refractivity contribution in [3.63, 3.8) is 0 Å². The maximum atomic E-state index is 12.1. The molecule has 0 fully saturated rings. The highest BCUT2D eigenvalue weighted by Gasteiger charge is 2.28. The van der Waals surface area contributed by atoms with E-state index in [0.717, 1.165) is 13.0 Å². The third-order valence-corrected chi connectivity index (χ3v) is 4.24. The van der Waals surface area contributed by atoms with Gasteiger partial charge in [0.15, 0.2) is 0 Å². The van der Waals surface area contributed by atoms with E-state index >= 15 is 0 Å². The van der Waals surface area contributed by atoms with Gasteiger partial charge in [-0.2, -0.15) is 0 Å². The van der Waals surface area contributed by atoms with Crippen LogP contribution in [-0.2, 0) is 11.2 Å². The van der Waals surface area contributed by atoms with Crippen LogP contribution in [-0.4, -0.2) is 31.1 Å². The summed E-state index contributed by atoms with van der Waals surface area (Å²) >= 11 is 0. The normalized spacial score (nSPS) is 15.8. The van der Waals surface area contributed by atoms with Crippen molar-refractivity contribution in [1.29, 1.82) is 0 Å². The number of halogens is 2. The van der Waals surface area contributed by atoms with Crippen molar-refractivity contribution in [2.45, 2.75) is 46.2 Å². The molecule has 1 aliphatic heterocycles. The predicted molar refractivity (Wildman–Crippen MR) is 102 cm³/mol. The average molecular weight is 362 g/mol. The Bertz CT molecular complexity index is 517. The van der Waals surface area contributed by atoms with Crippen LogP contribution in [0.5, 0.6) is 0 Å². The number of benzene rings is 1. The summed E-state index contributed by atoms with van der Waals surface area (Å²) in [6, 6.07) is 8.27. The van der Waals surface area contributed by atoms with Crippen molar-refractivity contribution in [2.75, 3.05) is 18.0 Å². The summed E-state index contributed by atoms with van der Waals surface area (Å²) in [4.78, 5) is 14.5. The minimum absolute atomic E-state index is 0. The van der Waals surface area contributed by atoms with Gasteiger partial charge in [-0.05, 0) is 30.4 Å². The van der Waals surface area contributed by atoms with Gasteiger partial charge in [-0.3, -0.25) is 4.79 Å². The zero-order chi connectivity index (χ0) is 15.6. The summed E-state index contributed by atoms with van der Waals surface area (Å²) in [5, 5.41) is 2.99. The van der Waals surface area contributed by atoms with Crippen LogP contribution in [0.1, 0.15) is 33.3 Å². The Labute approximate surface area is 152 Å². The zero-order valence-corrected chi connectivity index (χ0v) is 16.0. The van der Waals surface area contributed by atoms with Crippen LogP contribution in [0.25, 0.3) is 0 Å². The molecule has 132 valence electrons. The lowest BCUT2D eigenvalue weighted by Crippen LogP contribution is -2.51. The van der Waals surface area contributed by atoms with Gasteiger partial charge < -0.3 is 16.0 Å². The molecule has 23 heavy (non-hydrogen) atoms. The Balaban J connectivity index is 0.00000242. The summed E-state index contributed by atoms with van der Waals surface area (Å²) in [6.45, 7) is 9.73. The quantitative estimate of drug-likeness (QED) is 0.866. The molecule has 1 heterocycles. The number of rotatable bonds is 4. The van der Waals surface area contributed by atoms with E-state index in [0.29, 0.717) is 6.54 Å². The zero-order valence-electron chi connectivity index (χ0n) is 14.3. The molecule has 0 aliphatic carbocycles. The van der Waals surface area contributed by atoms with Gasteiger partial charge in [-0.15, -0.1) is 24.8 Å². The van der Waals surface area contributed by atoms with Crippen molar-refractivity contribution in [3.8, 4) is 0 Å². The maximum Gasteiger partial charge on any atom is 0.237 e. The van der Waals surface area contributed by atoms with Crippen molar-refractivity contribution in [1.82, 2.24) is 5.32 Å². The second-order valence-electron chi connectivity index (χ2n) is 7.01. The van der Waals surface area contributed by atoms with Crippen molar-refractivity contribution in [2.24, 2.45) is 11.1 Å². The first kappa shape index (κ1) is 22.0. The topological polar surface area (TPSA) is 58.4 Å². The molecule has 1 aromatic carbocycles. The van der Waals surface area contributed by atoms with Gasteiger partial charge in [0.2, 0.25) is 5.91 Å². The molecule has 1 unspecified atom stereocenters. The Morgan fingerprint density at radius 2 is 1.91 bits per heavy atom. The molecule has 2 rings (SSSR count). The van der Waals surface area contributed by atoms with Crippen molar-refractivity contribution >= 4 is 36.4 Å². The van der Waals surface area contributed by atoms with E-state index in [1.54, 1.807) is 0 Å². The molecule has 1 aliphatic rings. The number of nitrogens with zero attached hydrogens (tertiary/aromatic N) is 1. The van der Waals surface area contributed by atoms with E-state index in [1.165, 1.54) is 11.3 Å². The molecule has 3 N–H and O–H groups in total. The molecule has 0 spiro atoms. The van der Waals surface area contributed by atoms with E-state index in [-0.39, 0.29) is 42.2 Å². The molecule has 0 bridgehead atoms. The van der Waals surface area contributed by atoms with E-state index in [9.17, 15) is 4.79 Å². The molecular weight excluding hydrogens is 333 g/mol. The molecule has 1 amide bonds. The van der Waals surface area contributed by atoms with Gasteiger partial charge >= 0.3 is 0 Å². The number of nitrogens with one attached hydrogen (secondary N) is 1. The fraction of sp³-hybridized carbons (Fsp3) is 0.588. The summed E-state index contributed by atoms with van der Waals surface area (Å²) < 4.78 is 0. The van der Waals surface area contributed by atoms with Gasteiger partial charge in [0, 0.05) is 24.8 Å². The molecule has 1 aromatic rings. The van der Waals surface area contributed by atoms with E-state index in [2.05, 4.69) is 41.4 Å². The van der Waals surface area contributed by atoms with Gasteiger partial charge in [0.1, 0.15) is 0 Å². The Morgan fingerprint density at radius 1 is 1.30 bits per heavy atom. The maximum absolute atomic E-state index is 12.1. The molecule has 2 atom stereocenters. The highest BCUT2D eigenvalue weighted by Crippen LogP contribution is 2.28. The first-order valence-electron chi connectivity index (χ1n) is 7.68.